The van der Waals surface area contributed by atoms with Crippen LogP contribution in [0.1, 0.15) is 96.3 Å². The lowest BCUT2D eigenvalue weighted by atomic mass is 9.83. The van der Waals surface area contributed by atoms with E-state index in [4.69, 9.17) is 5.73 Å². The Balaban J connectivity index is 1.12. The van der Waals surface area contributed by atoms with Gasteiger partial charge in [0.25, 0.3) is 0 Å². The largest absolute Gasteiger partial charge is 0.330 e. The Labute approximate surface area is 180 Å². The van der Waals surface area contributed by atoms with E-state index in [1.807, 2.05) is 0 Å². The minimum absolute atomic E-state index is 0.753. The van der Waals surface area contributed by atoms with Crippen LogP contribution < -0.4 is 16.4 Å². The molecule has 29 heavy (non-hydrogen) atoms. The smallest absolute Gasteiger partial charge is 0.00793 e. The zero-order valence-electron chi connectivity index (χ0n) is 19.1. The summed E-state index contributed by atoms with van der Waals surface area (Å²) in [4.78, 5) is 0. The van der Waals surface area contributed by atoms with Crippen LogP contribution in [0.3, 0.4) is 0 Å². The third-order valence-corrected chi connectivity index (χ3v) is 9.32. The van der Waals surface area contributed by atoms with Gasteiger partial charge in [-0.05, 0) is 106 Å². The Bertz CT molecular complexity index is 433. The maximum atomic E-state index is 5.59. The molecule has 4 saturated carbocycles. The van der Waals surface area contributed by atoms with E-state index in [2.05, 4.69) is 10.6 Å². The molecular formula is C26H49N3. The molecule has 0 aliphatic heterocycles. The first-order valence-electron chi connectivity index (χ1n) is 13.5. The lowest BCUT2D eigenvalue weighted by Crippen LogP contribution is -2.36. The molecule has 168 valence electrons. The van der Waals surface area contributed by atoms with Crippen LogP contribution in [0.2, 0.25) is 0 Å². The normalized spacial score (nSPS) is 36.3. The van der Waals surface area contributed by atoms with Crippen molar-refractivity contribution in [3.63, 3.8) is 0 Å². The molecule has 0 amide bonds. The van der Waals surface area contributed by atoms with Crippen LogP contribution in [0.25, 0.3) is 0 Å². The van der Waals surface area contributed by atoms with Gasteiger partial charge in [0.2, 0.25) is 0 Å². The molecule has 0 saturated heterocycles. The second-order valence-electron chi connectivity index (χ2n) is 11.3. The van der Waals surface area contributed by atoms with Gasteiger partial charge in [-0.2, -0.15) is 0 Å². The summed E-state index contributed by atoms with van der Waals surface area (Å²) in [5, 5.41) is 7.46. The van der Waals surface area contributed by atoms with Gasteiger partial charge < -0.3 is 16.4 Å². The van der Waals surface area contributed by atoms with E-state index in [1.54, 1.807) is 51.4 Å². The number of rotatable bonds is 15. The standard InChI is InChI=1S/C26H49N3/c27-12-3-13-28-14-15-29-26(6-1-4-22-16-20-8-10-24(22)18-20)7-2-5-23-17-21-9-11-25(23)19-21/h20-26,28-29H,1-19,27H2. The topological polar surface area (TPSA) is 50.1 Å². The quantitative estimate of drug-likeness (QED) is 0.334. The Morgan fingerprint density at radius 1 is 0.690 bits per heavy atom. The van der Waals surface area contributed by atoms with Gasteiger partial charge in [-0.3, -0.25) is 0 Å². The maximum Gasteiger partial charge on any atom is 0.00793 e. The number of nitrogens with one attached hydrogen (secondary N) is 2. The van der Waals surface area contributed by atoms with Gasteiger partial charge in [-0.25, -0.2) is 0 Å². The molecular weight excluding hydrogens is 354 g/mol. The minimum Gasteiger partial charge on any atom is -0.330 e. The molecule has 3 nitrogen and oxygen atoms in total. The zero-order chi connectivity index (χ0) is 19.9. The van der Waals surface area contributed by atoms with Crippen molar-refractivity contribution >= 4 is 0 Å². The van der Waals surface area contributed by atoms with E-state index < -0.39 is 0 Å². The Morgan fingerprint density at radius 3 is 1.79 bits per heavy atom. The van der Waals surface area contributed by atoms with E-state index in [9.17, 15) is 0 Å². The lowest BCUT2D eigenvalue weighted by Gasteiger charge is -2.25. The Hall–Kier alpha value is -0.120. The molecule has 4 bridgehead atoms. The van der Waals surface area contributed by atoms with Gasteiger partial charge in [-0.1, -0.05) is 38.5 Å². The molecule has 3 heteroatoms. The van der Waals surface area contributed by atoms with Crippen LogP contribution >= 0.6 is 0 Å². The molecule has 0 aromatic rings. The number of fused-ring (bicyclic) bond motifs is 4. The summed E-state index contributed by atoms with van der Waals surface area (Å²) in [5.41, 5.74) is 5.59. The van der Waals surface area contributed by atoms with Crippen molar-refractivity contribution in [2.45, 2.75) is 102 Å². The van der Waals surface area contributed by atoms with E-state index in [1.165, 1.54) is 38.5 Å². The predicted molar refractivity (Wildman–Crippen MR) is 124 cm³/mol. The number of hydrogen-bond acceptors (Lipinski definition) is 3. The van der Waals surface area contributed by atoms with E-state index in [-0.39, 0.29) is 0 Å². The average molecular weight is 404 g/mol. The molecule has 0 spiro atoms. The molecule has 4 aliphatic carbocycles. The Morgan fingerprint density at radius 2 is 1.31 bits per heavy atom. The monoisotopic (exact) mass is 403 g/mol. The van der Waals surface area contributed by atoms with Gasteiger partial charge in [-0.15, -0.1) is 0 Å². The molecule has 4 N–H and O–H groups in total. The van der Waals surface area contributed by atoms with Crippen molar-refractivity contribution in [1.29, 1.82) is 0 Å². The highest BCUT2D eigenvalue weighted by Crippen LogP contribution is 2.51. The first-order valence-corrected chi connectivity index (χ1v) is 13.5. The van der Waals surface area contributed by atoms with Crippen LogP contribution in [0.15, 0.2) is 0 Å². The zero-order valence-corrected chi connectivity index (χ0v) is 19.1. The van der Waals surface area contributed by atoms with Gasteiger partial charge >= 0.3 is 0 Å². The summed E-state index contributed by atoms with van der Waals surface area (Å²) < 4.78 is 0. The second-order valence-corrected chi connectivity index (χ2v) is 11.3. The molecule has 0 aromatic carbocycles. The average Bonchev–Trinajstić information content (AvgIpc) is 3.52. The fourth-order valence-corrected chi connectivity index (χ4v) is 7.78. The molecule has 0 heterocycles. The van der Waals surface area contributed by atoms with E-state index >= 15 is 0 Å². The molecule has 6 unspecified atom stereocenters. The molecule has 4 rings (SSSR count). The minimum atomic E-state index is 0.753. The molecule has 6 atom stereocenters. The third-order valence-electron chi connectivity index (χ3n) is 9.32. The highest BCUT2D eigenvalue weighted by molar-refractivity contribution is 4.91. The van der Waals surface area contributed by atoms with Gasteiger partial charge in [0.05, 0.1) is 0 Å². The summed E-state index contributed by atoms with van der Waals surface area (Å²) >= 11 is 0. The summed E-state index contributed by atoms with van der Waals surface area (Å²) in [6.45, 7) is 4.08. The van der Waals surface area contributed by atoms with Crippen molar-refractivity contribution in [3.8, 4) is 0 Å². The first kappa shape index (κ1) is 22.1. The molecule has 4 fully saturated rings. The van der Waals surface area contributed by atoms with Crippen LogP contribution in [0.5, 0.6) is 0 Å². The van der Waals surface area contributed by atoms with Crippen LogP contribution in [-0.4, -0.2) is 32.2 Å². The van der Waals surface area contributed by atoms with Gasteiger partial charge in [0, 0.05) is 19.1 Å². The predicted octanol–water partition coefficient (Wildman–Crippen LogP) is 5.10. The highest BCUT2D eigenvalue weighted by Gasteiger charge is 2.39. The molecule has 4 aliphatic rings. The summed E-state index contributed by atoms with van der Waals surface area (Å²) in [5.74, 6) is 6.61. The highest BCUT2D eigenvalue weighted by atomic mass is 15.0. The summed E-state index contributed by atoms with van der Waals surface area (Å²) in [6, 6.07) is 0.753. The van der Waals surface area contributed by atoms with E-state index in [0.717, 1.165) is 74.1 Å². The van der Waals surface area contributed by atoms with Gasteiger partial charge in [0.15, 0.2) is 0 Å². The fraction of sp³-hybridized carbons (Fsp3) is 1.00. The summed E-state index contributed by atoms with van der Waals surface area (Å²) in [6.07, 6.45) is 22.3. The molecule has 0 radical (unpaired) electrons. The molecule has 0 aromatic heterocycles. The lowest BCUT2D eigenvalue weighted by molar-refractivity contribution is 0.285. The van der Waals surface area contributed by atoms with E-state index in [0.29, 0.717) is 0 Å². The van der Waals surface area contributed by atoms with Crippen LogP contribution in [0.4, 0.5) is 0 Å². The summed E-state index contributed by atoms with van der Waals surface area (Å²) in [7, 11) is 0. The van der Waals surface area contributed by atoms with Crippen molar-refractivity contribution in [2.75, 3.05) is 26.2 Å². The first-order chi connectivity index (χ1) is 14.3. The van der Waals surface area contributed by atoms with Crippen molar-refractivity contribution in [3.05, 3.63) is 0 Å². The van der Waals surface area contributed by atoms with Crippen LogP contribution in [-0.2, 0) is 0 Å². The Kier molecular flexibility index (Phi) is 8.75. The van der Waals surface area contributed by atoms with Crippen molar-refractivity contribution < 1.29 is 0 Å². The van der Waals surface area contributed by atoms with Gasteiger partial charge in [0.1, 0.15) is 0 Å². The van der Waals surface area contributed by atoms with Crippen molar-refractivity contribution in [2.24, 2.45) is 41.2 Å². The fourth-order valence-electron chi connectivity index (χ4n) is 7.78. The third kappa shape index (κ3) is 6.43. The number of nitrogens with two attached hydrogens (primary N) is 1. The van der Waals surface area contributed by atoms with Crippen molar-refractivity contribution in [1.82, 2.24) is 10.6 Å². The van der Waals surface area contributed by atoms with Crippen LogP contribution in [0, 0.1) is 35.5 Å². The number of hydrogen-bond donors (Lipinski definition) is 3. The SMILES string of the molecule is NCCCNCCNC(CCCC1CC2CCC1C2)CCCC1CC2CCC1C2. The second kappa shape index (κ2) is 11.5. The maximum absolute atomic E-state index is 5.59.